The second-order valence-corrected chi connectivity index (χ2v) is 6.26. The van der Waals surface area contributed by atoms with Crippen molar-refractivity contribution >= 4 is 11.9 Å². The van der Waals surface area contributed by atoms with Crippen molar-refractivity contribution in [2.24, 2.45) is 5.92 Å². The lowest BCUT2D eigenvalue weighted by Crippen LogP contribution is -2.36. The molecule has 5 nitrogen and oxygen atoms in total. The quantitative estimate of drug-likeness (QED) is 0.759. The monoisotopic (exact) mass is 321 g/mol. The zero-order chi connectivity index (χ0) is 17.4. The van der Waals surface area contributed by atoms with Gasteiger partial charge in [0.15, 0.2) is 0 Å². The van der Waals surface area contributed by atoms with Crippen LogP contribution in [0.4, 0.5) is 0 Å². The molecule has 1 N–H and O–H groups in total. The molecule has 0 spiro atoms. The highest BCUT2D eigenvalue weighted by Gasteiger charge is 2.19. The van der Waals surface area contributed by atoms with Gasteiger partial charge in [-0.1, -0.05) is 32.9 Å². The largest absolute Gasteiger partial charge is 0.497 e. The van der Waals surface area contributed by atoms with Gasteiger partial charge in [-0.3, -0.25) is 9.59 Å². The predicted molar refractivity (Wildman–Crippen MR) is 89.7 cm³/mol. The Kier molecular flexibility index (Phi) is 7.59. The third-order valence-electron chi connectivity index (χ3n) is 3.68. The number of carboxylic acid groups (broad SMARTS) is 1. The average Bonchev–Trinajstić information content (AvgIpc) is 2.50. The predicted octanol–water partition coefficient (Wildman–Crippen LogP) is 3.15. The number of amides is 1. The molecule has 1 atom stereocenters. The molecule has 0 heterocycles. The van der Waals surface area contributed by atoms with Crippen molar-refractivity contribution in [3.05, 3.63) is 29.8 Å². The van der Waals surface area contributed by atoms with Gasteiger partial charge in [-0.15, -0.1) is 0 Å². The van der Waals surface area contributed by atoms with Crippen LogP contribution in [-0.4, -0.2) is 42.1 Å². The Hall–Kier alpha value is -2.04. The van der Waals surface area contributed by atoms with Crippen molar-refractivity contribution in [1.82, 2.24) is 4.90 Å². The summed E-state index contributed by atoms with van der Waals surface area (Å²) in [6.45, 7) is 6.88. The van der Waals surface area contributed by atoms with Crippen LogP contribution in [-0.2, 0) is 9.59 Å². The van der Waals surface area contributed by atoms with Crippen molar-refractivity contribution in [3.63, 3.8) is 0 Å². The second kappa shape index (κ2) is 9.18. The van der Waals surface area contributed by atoms with Crippen molar-refractivity contribution in [2.45, 2.75) is 39.5 Å². The van der Waals surface area contributed by atoms with Crippen LogP contribution in [0.1, 0.15) is 45.1 Å². The summed E-state index contributed by atoms with van der Waals surface area (Å²) in [6, 6.07) is 7.69. The van der Waals surface area contributed by atoms with E-state index in [0.29, 0.717) is 18.9 Å². The summed E-state index contributed by atoms with van der Waals surface area (Å²) in [5, 5.41) is 8.84. The number of rotatable bonds is 9. The molecule has 0 aromatic heterocycles. The molecule has 0 saturated heterocycles. The molecule has 0 bridgehead atoms. The van der Waals surface area contributed by atoms with Crippen LogP contribution in [0, 0.1) is 5.92 Å². The lowest BCUT2D eigenvalue weighted by Gasteiger charge is -2.25. The number of methoxy groups -OCH3 is 1. The Labute approximate surface area is 138 Å². The minimum Gasteiger partial charge on any atom is -0.497 e. The van der Waals surface area contributed by atoms with Crippen molar-refractivity contribution in [2.75, 3.05) is 20.2 Å². The van der Waals surface area contributed by atoms with E-state index in [9.17, 15) is 9.59 Å². The summed E-state index contributed by atoms with van der Waals surface area (Å²) in [6.07, 6.45) is 0.339. The van der Waals surface area contributed by atoms with Gasteiger partial charge in [-0.25, -0.2) is 0 Å². The number of carboxylic acids is 1. The number of aliphatic carboxylic acids is 1. The number of hydrogen-bond donors (Lipinski definition) is 1. The molecule has 1 amide bonds. The Morgan fingerprint density at radius 2 is 1.96 bits per heavy atom. The van der Waals surface area contributed by atoms with Gasteiger partial charge >= 0.3 is 5.97 Å². The third kappa shape index (κ3) is 6.72. The average molecular weight is 321 g/mol. The Bertz CT molecular complexity index is 528. The van der Waals surface area contributed by atoms with Crippen molar-refractivity contribution in [3.8, 4) is 5.75 Å². The standard InChI is InChI=1S/C18H27NO4/c1-13(2)12-19(9-8-18(21)22)17(20)10-14(3)15-6-5-7-16(11-15)23-4/h5-7,11,13-14H,8-10,12H2,1-4H3,(H,21,22). The molecular formula is C18H27NO4. The first-order valence-electron chi connectivity index (χ1n) is 7.97. The fourth-order valence-electron chi connectivity index (χ4n) is 2.45. The van der Waals surface area contributed by atoms with Crippen molar-refractivity contribution in [1.29, 1.82) is 0 Å². The molecule has 128 valence electrons. The fourth-order valence-corrected chi connectivity index (χ4v) is 2.45. The van der Waals surface area contributed by atoms with Crippen LogP contribution in [0.2, 0.25) is 0 Å². The highest BCUT2D eigenvalue weighted by Crippen LogP contribution is 2.24. The van der Waals surface area contributed by atoms with Gasteiger partial charge in [-0.05, 0) is 29.5 Å². The van der Waals surface area contributed by atoms with Crippen LogP contribution in [0.25, 0.3) is 0 Å². The molecule has 1 rings (SSSR count). The first-order chi connectivity index (χ1) is 10.8. The summed E-state index contributed by atoms with van der Waals surface area (Å²) in [5.41, 5.74) is 1.04. The number of benzene rings is 1. The van der Waals surface area contributed by atoms with E-state index in [1.807, 2.05) is 45.0 Å². The minimum absolute atomic E-state index is 0.00438. The number of ether oxygens (including phenoxy) is 1. The van der Waals surface area contributed by atoms with Gasteiger partial charge in [-0.2, -0.15) is 0 Å². The molecule has 1 aromatic rings. The normalized spacial score (nSPS) is 12.0. The van der Waals surface area contributed by atoms with Crippen LogP contribution in [0.5, 0.6) is 5.75 Å². The van der Waals surface area contributed by atoms with E-state index in [4.69, 9.17) is 9.84 Å². The molecule has 0 radical (unpaired) electrons. The van der Waals surface area contributed by atoms with E-state index < -0.39 is 5.97 Å². The molecule has 5 heteroatoms. The molecule has 0 aliphatic rings. The zero-order valence-electron chi connectivity index (χ0n) is 14.4. The summed E-state index contributed by atoms with van der Waals surface area (Å²) < 4.78 is 5.21. The highest BCUT2D eigenvalue weighted by molar-refractivity contribution is 5.78. The van der Waals surface area contributed by atoms with Crippen LogP contribution >= 0.6 is 0 Å². The lowest BCUT2D eigenvalue weighted by molar-refractivity contribution is -0.138. The summed E-state index contributed by atoms with van der Waals surface area (Å²) in [7, 11) is 1.62. The zero-order valence-corrected chi connectivity index (χ0v) is 14.4. The maximum absolute atomic E-state index is 12.5. The number of hydrogen-bond acceptors (Lipinski definition) is 3. The van der Waals surface area contributed by atoms with Gasteiger partial charge in [0.25, 0.3) is 0 Å². The highest BCUT2D eigenvalue weighted by atomic mass is 16.5. The number of carbonyl (C=O) groups excluding carboxylic acids is 1. The molecule has 0 aliphatic carbocycles. The summed E-state index contributed by atoms with van der Waals surface area (Å²) in [5.74, 6) is 0.242. The first kappa shape index (κ1) is 19.0. The molecular weight excluding hydrogens is 294 g/mol. The second-order valence-electron chi connectivity index (χ2n) is 6.26. The molecule has 1 aromatic carbocycles. The molecule has 0 saturated carbocycles. The van der Waals surface area contributed by atoms with Crippen LogP contribution in [0.15, 0.2) is 24.3 Å². The van der Waals surface area contributed by atoms with E-state index in [-0.39, 0.29) is 24.8 Å². The van der Waals surface area contributed by atoms with E-state index in [1.165, 1.54) is 0 Å². The van der Waals surface area contributed by atoms with E-state index >= 15 is 0 Å². The molecule has 1 unspecified atom stereocenters. The minimum atomic E-state index is -0.882. The van der Waals surface area contributed by atoms with Gasteiger partial charge in [0, 0.05) is 19.5 Å². The lowest BCUT2D eigenvalue weighted by atomic mass is 9.96. The summed E-state index contributed by atoms with van der Waals surface area (Å²) in [4.78, 5) is 25.0. The SMILES string of the molecule is COc1cccc(C(C)CC(=O)N(CCC(=O)O)CC(C)C)c1. The third-order valence-corrected chi connectivity index (χ3v) is 3.68. The van der Waals surface area contributed by atoms with Gasteiger partial charge in [0.2, 0.25) is 5.91 Å². The van der Waals surface area contributed by atoms with Crippen LogP contribution < -0.4 is 4.74 Å². The molecule has 23 heavy (non-hydrogen) atoms. The first-order valence-corrected chi connectivity index (χ1v) is 7.97. The smallest absolute Gasteiger partial charge is 0.305 e. The van der Waals surface area contributed by atoms with Crippen molar-refractivity contribution < 1.29 is 19.4 Å². The maximum atomic E-state index is 12.5. The Morgan fingerprint density at radius 1 is 1.26 bits per heavy atom. The Balaban J connectivity index is 2.73. The van der Waals surface area contributed by atoms with E-state index in [0.717, 1.165) is 11.3 Å². The fraction of sp³-hybridized carbons (Fsp3) is 0.556. The Morgan fingerprint density at radius 3 is 2.52 bits per heavy atom. The van der Waals surface area contributed by atoms with Gasteiger partial charge in [0.05, 0.1) is 13.5 Å². The topological polar surface area (TPSA) is 66.8 Å². The van der Waals surface area contributed by atoms with Gasteiger partial charge in [0.1, 0.15) is 5.75 Å². The molecule has 0 fully saturated rings. The van der Waals surface area contributed by atoms with Gasteiger partial charge < -0.3 is 14.7 Å². The van der Waals surface area contributed by atoms with E-state index in [1.54, 1.807) is 12.0 Å². The van der Waals surface area contributed by atoms with Crippen LogP contribution in [0.3, 0.4) is 0 Å². The maximum Gasteiger partial charge on any atom is 0.305 e. The number of nitrogens with zero attached hydrogens (tertiary/aromatic N) is 1. The summed E-state index contributed by atoms with van der Waals surface area (Å²) >= 11 is 0. The van der Waals surface area contributed by atoms with E-state index in [2.05, 4.69) is 0 Å². The molecule has 0 aliphatic heterocycles. The number of carbonyl (C=O) groups is 2.